The Bertz CT molecular complexity index is 1190. The molecule has 0 heterocycles. The lowest BCUT2D eigenvalue weighted by Gasteiger charge is -2.08. The lowest BCUT2D eigenvalue weighted by atomic mass is 10.2. The molecule has 7 nitrogen and oxygen atoms in total. The first-order chi connectivity index (χ1) is 16.1. The first-order valence-electron chi connectivity index (χ1n) is 10.1. The molecule has 3 rings (SSSR count). The zero-order valence-electron chi connectivity index (χ0n) is 17.9. The molecule has 2 amide bonds. The minimum Gasteiger partial charge on any atom is -0.504 e. The average molecular weight is 441 g/mol. The first-order valence-corrected chi connectivity index (χ1v) is 10.1. The summed E-state index contributed by atoms with van der Waals surface area (Å²) < 4.78 is 5.05. The van der Waals surface area contributed by atoms with E-state index in [1.165, 1.54) is 19.4 Å². The van der Waals surface area contributed by atoms with Crippen molar-refractivity contribution in [1.29, 1.82) is 0 Å². The monoisotopic (exact) mass is 441 g/mol. The number of para-hydroxylation sites is 1. The molecule has 0 saturated heterocycles. The van der Waals surface area contributed by atoms with Crippen molar-refractivity contribution in [3.05, 3.63) is 113 Å². The number of phenolic OH excluding ortho intramolecular Hbond substituents is 1. The first kappa shape index (κ1) is 23.0. The van der Waals surface area contributed by atoms with Gasteiger partial charge < -0.3 is 15.2 Å². The van der Waals surface area contributed by atoms with Crippen molar-refractivity contribution in [2.45, 2.75) is 0 Å². The highest BCUT2D eigenvalue weighted by atomic mass is 16.5. The highest BCUT2D eigenvalue weighted by Gasteiger charge is 2.13. The van der Waals surface area contributed by atoms with E-state index in [9.17, 15) is 14.7 Å². The Morgan fingerprint density at radius 3 is 2.33 bits per heavy atom. The van der Waals surface area contributed by atoms with Gasteiger partial charge in [0.15, 0.2) is 11.5 Å². The van der Waals surface area contributed by atoms with Crippen LogP contribution < -0.4 is 15.5 Å². The number of hydrogen-bond donors (Lipinski definition) is 3. The molecule has 0 unspecified atom stereocenters. The second kappa shape index (κ2) is 11.7. The zero-order chi connectivity index (χ0) is 23.5. The Morgan fingerprint density at radius 1 is 0.939 bits per heavy atom. The summed E-state index contributed by atoms with van der Waals surface area (Å²) in [5.74, 6) is -0.876. The van der Waals surface area contributed by atoms with Gasteiger partial charge in [-0.05, 0) is 35.9 Å². The van der Waals surface area contributed by atoms with E-state index in [4.69, 9.17) is 4.74 Å². The Balaban J connectivity index is 1.77. The lowest BCUT2D eigenvalue weighted by molar-refractivity contribution is -0.117. The molecule has 3 N–H and O–H groups in total. The number of carbonyl (C=O) groups is 2. The van der Waals surface area contributed by atoms with Gasteiger partial charge in [-0.3, -0.25) is 9.59 Å². The van der Waals surface area contributed by atoms with Gasteiger partial charge in [-0.15, -0.1) is 0 Å². The van der Waals surface area contributed by atoms with Crippen molar-refractivity contribution in [3.8, 4) is 11.5 Å². The van der Waals surface area contributed by atoms with E-state index in [1.54, 1.807) is 60.7 Å². The average Bonchev–Trinajstić information content (AvgIpc) is 2.85. The van der Waals surface area contributed by atoms with Crippen LogP contribution in [0.1, 0.15) is 21.5 Å². The van der Waals surface area contributed by atoms with Gasteiger partial charge in [0.25, 0.3) is 11.8 Å². The topological polar surface area (TPSA) is 100 Å². The quantitative estimate of drug-likeness (QED) is 0.214. The minimum atomic E-state index is -0.629. The molecule has 0 aliphatic heterocycles. The van der Waals surface area contributed by atoms with E-state index in [1.807, 2.05) is 30.3 Å². The van der Waals surface area contributed by atoms with Crippen molar-refractivity contribution in [3.63, 3.8) is 0 Å². The number of carbonyl (C=O) groups excluding carboxylic acids is 2. The van der Waals surface area contributed by atoms with Crippen molar-refractivity contribution in [1.82, 2.24) is 10.7 Å². The maximum Gasteiger partial charge on any atom is 0.287 e. The molecule has 0 bridgehead atoms. The van der Waals surface area contributed by atoms with Gasteiger partial charge in [-0.2, -0.15) is 5.10 Å². The van der Waals surface area contributed by atoms with Crippen LogP contribution in [-0.4, -0.2) is 30.2 Å². The Kier molecular flexibility index (Phi) is 8.14. The summed E-state index contributed by atoms with van der Waals surface area (Å²) in [6.07, 6.45) is 6.24. The number of ether oxygens (including phenoxy) is 1. The summed E-state index contributed by atoms with van der Waals surface area (Å²) >= 11 is 0. The predicted molar refractivity (Wildman–Crippen MR) is 128 cm³/mol. The molecular weight excluding hydrogens is 418 g/mol. The van der Waals surface area contributed by atoms with Crippen molar-refractivity contribution >= 4 is 24.1 Å². The van der Waals surface area contributed by atoms with E-state index < -0.39 is 11.8 Å². The summed E-state index contributed by atoms with van der Waals surface area (Å²) in [4.78, 5) is 25.3. The molecule has 33 heavy (non-hydrogen) atoms. The number of allylic oxidation sites excluding steroid dienone is 2. The van der Waals surface area contributed by atoms with E-state index in [0.717, 1.165) is 5.56 Å². The molecule has 166 valence electrons. The third-order valence-electron chi connectivity index (χ3n) is 4.50. The largest absolute Gasteiger partial charge is 0.504 e. The molecule has 7 heteroatoms. The van der Waals surface area contributed by atoms with E-state index >= 15 is 0 Å². The number of aromatic hydroxyl groups is 1. The fraction of sp³-hybridized carbons (Fsp3) is 0.0385. The van der Waals surface area contributed by atoms with Crippen LogP contribution in [0.25, 0.3) is 6.08 Å². The number of hydrogen-bond acceptors (Lipinski definition) is 5. The third-order valence-corrected chi connectivity index (χ3v) is 4.50. The highest BCUT2D eigenvalue weighted by Crippen LogP contribution is 2.27. The number of nitrogens with one attached hydrogen (secondary N) is 2. The predicted octanol–water partition coefficient (Wildman–Crippen LogP) is 3.88. The van der Waals surface area contributed by atoms with Crippen LogP contribution in [0.3, 0.4) is 0 Å². The smallest absolute Gasteiger partial charge is 0.287 e. The summed E-state index contributed by atoms with van der Waals surface area (Å²) in [5, 5.41) is 16.6. The van der Waals surface area contributed by atoms with Crippen LogP contribution in [0.15, 0.2) is 102 Å². The minimum absolute atomic E-state index is 0.00282. The molecule has 0 aromatic heterocycles. The van der Waals surface area contributed by atoms with Crippen LogP contribution in [0.4, 0.5) is 0 Å². The molecule has 0 aliphatic rings. The van der Waals surface area contributed by atoms with Gasteiger partial charge in [0.1, 0.15) is 5.70 Å². The molecule has 3 aromatic rings. The number of rotatable bonds is 8. The van der Waals surface area contributed by atoms with Crippen molar-refractivity contribution < 1.29 is 19.4 Å². The molecule has 0 radical (unpaired) electrons. The van der Waals surface area contributed by atoms with Gasteiger partial charge in [0.05, 0.1) is 13.3 Å². The Hall–Kier alpha value is -4.65. The van der Waals surface area contributed by atoms with Gasteiger partial charge in [0.2, 0.25) is 0 Å². The SMILES string of the molecule is COc1cccc(/C=N/NC(=O)C(=CC=Cc2ccccc2)NC(=O)c2ccccc2)c1O. The molecule has 0 saturated carbocycles. The normalized spacial score (nSPS) is 11.5. The lowest BCUT2D eigenvalue weighted by Crippen LogP contribution is -2.32. The summed E-state index contributed by atoms with van der Waals surface area (Å²) in [5.41, 5.74) is 4.07. The Morgan fingerprint density at radius 2 is 1.64 bits per heavy atom. The highest BCUT2D eigenvalue weighted by molar-refractivity contribution is 6.03. The van der Waals surface area contributed by atoms with Crippen LogP contribution in [0.5, 0.6) is 11.5 Å². The number of nitrogens with zero attached hydrogens (tertiary/aromatic N) is 1. The number of methoxy groups -OCH3 is 1. The molecule has 0 spiro atoms. The number of amides is 2. The van der Waals surface area contributed by atoms with Crippen LogP contribution >= 0.6 is 0 Å². The van der Waals surface area contributed by atoms with Gasteiger partial charge >= 0.3 is 0 Å². The maximum atomic E-state index is 12.7. The third kappa shape index (κ3) is 6.67. The number of benzene rings is 3. The van der Waals surface area contributed by atoms with Crippen LogP contribution in [0.2, 0.25) is 0 Å². The van der Waals surface area contributed by atoms with Gasteiger partial charge in [-0.25, -0.2) is 5.43 Å². The second-order valence-corrected chi connectivity index (χ2v) is 6.77. The fourth-order valence-electron chi connectivity index (χ4n) is 2.81. The summed E-state index contributed by atoms with van der Waals surface area (Å²) in [7, 11) is 1.44. The van der Waals surface area contributed by atoms with Gasteiger partial charge in [0, 0.05) is 11.1 Å². The van der Waals surface area contributed by atoms with E-state index in [2.05, 4.69) is 15.8 Å². The second-order valence-electron chi connectivity index (χ2n) is 6.77. The molecular formula is C26H23N3O4. The summed E-state index contributed by atoms with van der Waals surface area (Å²) in [6, 6.07) is 23.0. The van der Waals surface area contributed by atoms with Crippen molar-refractivity contribution in [2.75, 3.05) is 7.11 Å². The molecule has 0 fully saturated rings. The maximum absolute atomic E-state index is 12.7. The molecule has 0 atom stereocenters. The van der Waals surface area contributed by atoms with E-state index in [-0.39, 0.29) is 17.2 Å². The fourth-order valence-corrected chi connectivity index (χ4v) is 2.81. The Labute approximate surface area is 191 Å². The summed E-state index contributed by atoms with van der Waals surface area (Å²) in [6.45, 7) is 0. The van der Waals surface area contributed by atoms with Crippen molar-refractivity contribution in [2.24, 2.45) is 5.10 Å². The van der Waals surface area contributed by atoms with E-state index in [0.29, 0.717) is 11.1 Å². The van der Waals surface area contributed by atoms with Crippen LogP contribution in [0, 0.1) is 0 Å². The van der Waals surface area contributed by atoms with Gasteiger partial charge in [-0.1, -0.05) is 66.7 Å². The zero-order valence-corrected chi connectivity index (χ0v) is 17.9. The standard InChI is InChI=1S/C26H23N3O4/c1-33-23-17-9-15-21(24(23)30)18-27-29-26(32)22(16-8-12-19-10-4-2-5-11-19)28-25(31)20-13-6-3-7-14-20/h2-18,30H,1H3,(H,28,31)(H,29,32)/b12-8?,22-16?,27-18+. The van der Waals surface area contributed by atoms with Crippen LogP contribution in [-0.2, 0) is 4.79 Å². The molecule has 3 aromatic carbocycles. The molecule has 0 aliphatic carbocycles. The number of hydrazone groups is 1. The number of phenols is 1.